The normalized spacial score (nSPS) is 12.2. The number of anilines is 1. The number of ketones is 1. The average Bonchev–Trinajstić information content (AvgIpc) is 2.74. The number of carbonyl (C=O) groups is 2. The SMILES string of the molecule is CC(NC(C)(C)C(=O)Nc1ccccc1C(=O)c1ccccc1)c1ccccc1. The molecule has 2 N–H and O–H groups in total. The Bertz CT molecular complexity index is 982. The van der Waals surface area contributed by atoms with Crippen molar-refractivity contribution < 1.29 is 9.59 Å². The number of para-hydroxylation sites is 1. The number of amides is 1. The summed E-state index contributed by atoms with van der Waals surface area (Å²) in [6.45, 7) is 5.70. The molecule has 4 nitrogen and oxygen atoms in total. The van der Waals surface area contributed by atoms with Crippen LogP contribution in [-0.2, 0) is 4.79 Å². The van der Waals surface area contributed by atoms with E-state index in [9.17, 15) is 9.59 Å². The number of rotatable bonds is 7. The lowest BCUT2D eigenvalue weighted by Gasteiger charge is -2.29. The predicted molar refractivity (Wildman–Crippen MR) is 117 cm³/mol. The lowest BCUT2D eigenvalue weighted by Crippen LogP contribution is -2.50. The first-order chi connectivity index (χ1) is 13.9. The molecular weight excluding hydrogens is 360 g/mol. The van der Waals surface area contributed by atoms with E-state index in [4.69, 9.17) is 0 Å². The minimum absolute atomic E-state index is 0.00172. The van der Waals surface area contributed by atoms with Gasteiger partial charge in [-0.1, -0.05) is 72.8 Å². The fraction of sp³-hybridized carbons (Fsp3) is 0.200. The molecule has 0 heterocycles. The van der Waals surface area contributed by atoms with Gasteiger partial charge in [0, 0.05) is 17.2 Å². The van der Waals surface area contributed by atoms with Crippen LogP contribution in [0.15, 0.2) is 84.9 Å². The average molecular weight is 386 g/mol. The molecular formula is C25H26N2O2. The Labute approximate surface area is 172 Å². The quantitative estimate of drug-likeness (QED) is 0.563. The molecule has 0 radical (unpaired) electrons. The molecule has 29 heavy (non-hydrogen) atoms. The third kappa shape index (κ3) is 4.98. The smallest absolute Gasteiger partial charge is 0.244 e. The Kier molecular flexibility index (Phi) is 6.25. The van der Waals surface area contributed by atoms with Crippen LogP contribution in [0.2, 0.25) is 0 Å². The summed E-state index contributed by atoms with van der Waals surface area (Å²) in [6.07, 6.45) is 0. The maximum atomic E-state index is 13.0. The zero-order valence-electron chi connectivity index (χ0n) is 17.0. The molecule has 0 aliphatic heterocycles. The van der Waals surface area contributed by atoms with Crippen LogP contribution in [0.4, 0.5) is 5.69 Å². The van der Waals surface area contributed by atoms with E-state index >= 15 is 0 Å². The molecule has 3 rings (SSSR count). The first kappa shape index (κ1) is 20.5. The van der Waals surface area contributed by atoms with Crippen LogP contribution in [-0.4, -0.2) is 17.2 Å². The van der Waals surface area contributed by atoms with Gasteiger partial charge in [0.15, 0.2) is 5.78 Å². The Hall–Kier alpha value is -3.24. The van der Waals surface area contributed by atoms with Gasteiger partial charge in [0.2, 0.25) is 5.91 Å². The van der Waals surface area contributed by atoms with Crippen molar-refractivity contribution in [2.45, 2.75) is 32.4 Å². The Morgan fingerprint density at radius 3 is 2.00 bits per heavy atom. The third-order valence-corrected chi connectivity index (χ3v) is 4.90. The van der Waals surface area contributed by atoms with E-state index in [-0.39, 0.29) is 17.7 Å². The van der Waals surface area contributed by atoms with Crippen molar-refractivity contribution in [1.82, 2.24) is 5.32 Å². The Morgan fingerprint density at radius 1 is 0.793 bits per heavy atom. The van der Waals surface area contributed by atoms with Gasteiger partial charge in [-0.25, -0.2) is 0 Å². The molecule has 3 aromatic rings. The molecule has 0 aromatic heterocycles. The molecule has 0 bridgehead atoms. The van der Waals surface area contributed by atoms with E-state index < -0.39 is 5.54 Å². The van der Waals surface area contributed by atoms with Gasteiger partial charge in [-0.15, -0.1) is 0 Å². The van der Waals surface area contributed by atoms with Gasteiger partial charge >= 0.3 is 0 Å². The lowest BCUT2D eigenvalue weighted by molar-refractivity contribution is -0.121. The molecule has 1 atom stereocenters. The van der Waals surface area contributed by atoms with Crippen LogP contribution in [0.5, 0.6) is 0 Å². The molecule has 4 heteroatoms. The van der Waals surface area contributed by atoms with Crippen molar-refractivity contribution in [2.75, 3.05) is 5.32 Å². The highest BCUT2D eigenvalue weighted by molar-refractivity contribution is 6.14. The maximum absolute atomic E-state index is 13.0. The van der Waals surface area contributed by atoms with Crippen LogP contribution in [0.25, 0.3) is 0 Å². The minimum Gasteiger partial charge on any atom is -0.324 e. The van der Waals surface area contributed by atoms with Crippen molar-refractivity contribution in [1.29, 1.82) is 0 Å². The van der Waals surface area contributed by atoms with E-state index in [0.717, 1.165) is 5.56 Å². The maximum Gasteiger partial charge on any atom is 0.244 e. The molecule has 0 spiro atoms. The molecule has 0 aliphatic carbocycles. The van der Waals surface area contributed by atoms with Gasteiger partial charge in [0.05, 0.1) is 11.2 Å². The summed E-state index contributed by atoms with van der Waals surface area (Å²) in [4.78, 5) is 25.9. The van der Waals surface area contributed by atoms with E-state index in [0.29, 0.717) is 16.8 Å². The lowest BCUT2D eigenvalue weighted by atomic mass is 9.98. The van der Waals surface area contributed by atoms with Crippen molar-refractivity contribution in [3.05, 3.63) is 102 Å². The summed E-state index contributed by atoms with van der Waals surface area (Å²) in [7, 11) is 0. The first-order valence-electron chi connectivity index (χ1n) is 9.71. The standard InChI is InChI=1S/C25H26N2O2/c1-18(19-12-6-4-7-13-19)27-25(2,3)24(29)26-22-17-11-10-16-21(22)23(28)20-14-8-5-9-15-20/h4-18,27H,1-3H3,(H,26,29). The summed E-state index contributed by atoms with van der Waals surface area (Å²) in [5.74, 6) is -0.321. The largest absolute Gasteiger partial charge is 0.324 e. The number of hydrogen-bond acceptors (Lipinski definition) is 3. The molecule has 0 aliphatic rings. The van der Waals surface area contributed by atoms with Gasteiger partial charge in [0.1, 0.15) is 0 Å². The van der Waals surface area contributed by atoms with Gasteiger partial charge in [-0.2, -0.15) is 0 Å². The van der Waals surface area contributed by atoms with Crippen LogP contribution in [0.1, 0.15) is 48.3 Å². The summed E-state index contributed by atoms with van der Waals surface area (Å²) in [5, 5.41) is 6.31. The second kappa shape index (κ2) is 8.84. The second-order valence-electron chi connectivity index (χ2n) is 7.60. The highest BCUT2D eigenvalue weighted by atomic mass is 16.2. The molecule has 1 amide bonds. The molecule has 0 saturated heterocycles. The fourth-order valence-corrected chi connectivity index (χ4v) is 3.25. The van der Waals surface area contributed by atoms with Gasteiger partial charge in [-0.3, -0.25) is 14.9 Å². The topological polar surface area (TPSA) is 58.2 Å². The van der Waals surface area contributed by atoms with Crippen molar-refractivity contribution in [2.24, 2.45) is 0 Å². The number of carbonyl (C=O) groups excluding carboxylic acids is 2. The van der Waals surface area contributed by atoms with Gasteiger partial charge in [-0.05, 0) is 38.5 Å². The van der Waals surface area contributed by atoms with Crippen molar-refractivity contribution in [3.63, 3.8) is 0 Å². The molecule has 148 valence electrons. The third-order valence-electron chi connectivity index (χ3n) is 4.90. The van der Waals surface area contributed by atoms with Crippen LogP contribution >= 0.6 is 0 Å². The molecule has 0 saturated carbocycles. The monoisotopic (exact) mass is 386 g/mol. The van der Waals surface area contributed by atoms with E-state index in [1.807, 2.05) is 75.4 Å². The number of hydrogen-bond donors (Lipinski definition) is 2. The van der Waals surface area contributed by atoms with E-state index in [1.54, 1.807) is 30.3 Å². The van der Waals surface area contributed by atoms with Gasteiger partial charge in [0.25, 0.3) is 0 Å². The zero-order chi connectivity index (χ0) is 20.9. The van der Waals surface area contributed by atoms with Crippen molar-refractivity contribution in [3.8, 4) is 0 Å². The summed E-state index contributed by atoms with van der Waals surface area (Å²) < 4.78 is 0. The molecule has 1 unspecified atom stereocenters. The Morgan fingerprint density at radius 2 is 1.34 bits per heavy atom. The van der Waals surface area contributed by atoms with Crippen LogP contribution in [0.3, 0.4) is 0 Å². The van der Waals surface area contributed by atoms with E-state index in [1.165, 1.54) is 0 Å². The molecule has 3 aromatic carbocycles. The highest BCUT2D eigenvalue weighted by Gasteiger charge is 2.30. The van der Waals surface area contributed by atoms with Gasteiger partial charge < -0.3 is 5.32 Å². The van der Waals surface area contributed by atoms with E-state index in [2.05, 4.69) is 10.6 Å². The molecule has 0 fully saturated rings. The highest BCUT2D eigenvalue weighted by Crippen LogP contribution is 2.22. The second-order valence-corrected chi connectivity index (χ2v) is 7.60. The fourth-order valence-electron chi connectivity index (χ4n) is 3.25. The predicted octanol–water partition coefficient (Wildman–Crippen LogP) is 4.99. The summed E-state index contributed by atoms with van der Waals surface area (Å²) in [5.41, 5.74) is 1.84. The van der Waals surface area contributed by atoms with Crippen LogP contribution < -0.4 is 10.6 Å². The number of benzene rings is 3. The summed E-state index contributed by atoms with van der Waals surface area (Å²) in [6, 6.07) is 26.1. The Balaban J connectivity index is 1.77. The minimum atomic E-state index is -0.835. The van der Waals surface area contributed by atoms with Crippen LogP contribution in [0, 0.1) is 0 Å². The summed E-state index contributed by atoms with van der Waals surface area (Å²) >= 11 is 0. The van der Waals surface area contributed by atoms with Crippen molar-refractivity contribution >= 4 is 17.4 Å². The number of nitrogens with one attached hydrogen (secondary N) is 2. The zero-order valence-corrected chi connectivity index (χ0v) is 17.0. The first-order valence-corrected chi connectivity index (χ1v) is 9.71.